The van der Waals surface area contributed by atoms with Crippen molar-refractivity contribution in [1.29, 1.82) is 0 Å². The van der Waals surface area contributed by atoms with Crippen molar-refractivity contribution < 1.29 is 14.0 Å². The third-order valence-electron chi connectivity index (χ3n) is 5.83. The molecule has 1 aliphatic heterocycles. The van der Waals surface area contributed by atoms with Gasteiger partial charge in [-0.05, 0) is 51.7 Å². The Labute approximate surface area is 143 Å². The molecule has 0 amide bonds. The van der Waals surface area contributed by atoms with Crippen molar-refractivity contribution in [2.24, 2.45) is 0 Å². The lowest BCUT2D eigenvalue weighted by atomic mass is 9.79. The third-order valence-corrected chi connectivity index (χ3v) is 5.83. The highest BCUT2D eigenvalue weighted by Gasteiger charge is 2.60. The monoisotopic (exact) mass is 328 g/mol. The molecule has 1 aromatic heterocycles. The second kappa shape index (κ2) is 5.31. The number of ether oxygens (including phenoxy) is 1. The van der Waals surface area contributed by atoms with Crippen molar-refractivity contribution in [3.63, 3.8) is 0 Å². The Morgan fingerprint density at radius 2 is 1.96 bits per heavy atom. The molecular weight excluding hydrogens is 303 g/mol. The summed E-state index contributed by atoms with van der Waals surface area (Å²) in [6, 6.07) is 6.40. The molecule has 2 aliphatic rings. The van der Waals surface area contributed by atoms with Gasteiger partial charge < -0.3 is 14.0 Å². The summed E-state index contributed by atoms with van der Waals surface area (Å²) in [5.74, 6) is 0.894. The van der Waals surface area contributed by atoms with Gasteiger partial charge in [0.15, 0.2) is 0 Å². The maximum Gasteiger partial charge on any atom is 0.461 e. The molecule has 0 unspecified atom stereocenters. The average Bonchev–Trinajstić information content (AvgIpc) is 3.15. The van der Waals surface area contributed by atoms with Gasteiger partial charge in [0, 0.05) is 18.3 Å². The standard InChI is InChI=1S/C18H25BN2O3/c1-17(2)18(3,4)24-19(23-17)15-9-13(15)12-7-6-8-16-14(12)10-20-21(16)11-22-5/h6-8,10,13,15H,9,11H2,1-5H3/t13-,15+/m0/s1. The Bertz CT molecular complexity index is 755. The fraction of sp³-hybridized carbons (Fsp3) is 0.611. The van der Waals surface area contributed by atoms with Crippen molar-refractivity contribution in [1.82, 2.24) is 9.78 Å². The summed E-state index contributed by atoms with van der Waals surface area (Å²) in [5, 5.41) is 5.66. The zero-order chi connectivity index (χ0) is 17.1. The molecule has 24 heavy (non-hydrogen) atoms. The number of benzene rings is 1. The molecule has 1 saturated carbocycles. The normalized spacial score (nSPS) is 27.8. The number of nitrogens with zero attached hydrogens (tertiary/aromatic N) is 2. The van der Waals surface area contributed by atoms with E-state index in [0.717, 1.165) is 11.9 Å². The highest BCUT2D eigenvalue weighted by Crippen LogP contribution is 2.59. The van der Waals surface area contributed by atoms with E-state index in [1.807, 2.05) is 10.9 Å². The van der Waals surface area contributed by atoms with Crippen LogP contribution >= 0.6 is 0 Å². The van der Waals surface area contributed by atoms with Gasteiger partial charge in [0.05, 0.1) is 22.9 Å². The smallest absolute Gasteiger partial charge is 0.403 e. The Kier molecular flexibility index (Phi) is 3.57. The number of methoxy groups -OCH3 is 1. The van der Waals surface area contributed by atoms with Gasteiger partial charge in [-0.2, -0.15) is 5.10 Å². The highest BCUT2D eigenvalue weighted by atomic mass is 16.7. The predicted molar refractivity (Wildman–Crippen MR) is 93.9 cm³/mol. The summed E-state index contributed by atoms with van der Waals surface area (Å²) >= 11 is 0. The van der Waals surface area contributed by atoms with E-state index >= 15 is 0 Å². The molecule has 1 saturated heterocycles. The van der Waals surface area contributed by atoms with Crippen LogP contribution in [0.3, 0.4) is 0 Å². The molecule has 2 heterocycles. The van der Waals surface area contributed by atoms with Crippen LogP contribution in [-0.2, 0) is 20.8 Å². The summed E-state index contributed by atoms with van der Waals surface area (Å²) in [6.07, 6.45) is 3.05. The van der Waals surface area contributed by atoms with E-state index < -0.39 is 0 Å². The van der Waals surface area contributed by atoms with Crippen LogP contribution < -0.4 is 0 Å². The van der Waals surface area contributed by atoms with Crippen LogP contribution in [-0.4, -0.2) is 35.2 Å². The lowest BCUT2D eigenvalue weighted by Crippen LogP contribution is -2.41. The van der Waals surface area contributed by atoms with Crippen molar-refractivity contribution in [3.8, 4) is 0 Å². The summed E-state index contributed by atoms with van der Waals surface area (Å²) < 4.78 is 19.6. The van der Waals surface area contributed by atoms with E-state index in [2.05, 4.69) is 51.0 Å². The van der Waals surface area contributed by atoms with E-state index in [9.17, 15) is 0 Å². The minimum atomic E-state index is -0.264. The van der Waals surface area contributed by atoms with Crippen LogP contribution in [0.25, 0.3) is 10.9 Å². The molecule has 0 radical (unpaired) electrons. The first-order chi connectivity index (χ1) is 11.3. The minimum absolute atomic E-state index is 0.121. The quantitative estimate of drug-likeness (QED) is 0.805. The molecular formula is C18H25BN2O3. The van der Waals surface area contributed by atoms with Crippen molar-refractivity contribution in [3.05, 3.63) is 30.0 Å². The van der Waals surface area contributed by atoms with Crippen LogP contribution in [0.15, 0.2) is 24.4 Å². The van der Waals surface area contributed by atoms with E-state index in [-0.39, 0.29) is 18.3 Å². The summed E-state index contributed by atoms with van der Waals surface area (Å²) in [4.78, 5) is 0. The zero-order valence-electron chi connectivity index (χ0n) is 15.1. The largest absolute Gasteiger partial charge is 0.461 e. The van der Waals surface area contributed by atoms with Gasteiger partial charge in [-0.25, -0.2) is 4.68 Å². The Hall–Kier alpha value is -1.37. The van der Waals surface area contributed by atoms with Gasteiger partial charge >= 0.3 is 7.12 Å². The lowest BCUT2D eigenvalue weighted by Gasteiger charge is -2.32. The average molecular weight is 328 g/mol. The fourth-order valence-corrected chi connectivity index (χ4v) is 3.61. The fourth-order valence-electron chi connectivity index (χ4n) is 3.61. The van der Waals surface area contributed by atoms with Crippen LogP contribution in [0.5, 0.6) is 0 Å². The molecule has 4 rings (SSSR count). The summed E-state index contributed by atoms with van der Waals surface area (Å²) in [7, 11) is 1.57. The molecule has 1 aliphatic carbocycles. The maximum absolute atomic E-state index is 6.23. The molecule has 2 atom stereocenters. The summed E-state index contributed by atoms with van der Waals surface area (Å²) in [5.41, 5.74) is 1.93. The van der Waals surface area contributed by atoms with E-state index in [0.29, 0.717) is 18.5 Å². The van der Waals surface area contributed by atoms with E-state index in [1.165, 1.54) is 10.9 Å². The first kappa shape index (κ1) is 16.1. The minimum Gasteiger partial charge on any atom is -0.403 e. The van der Waals surface area contributed by atoms with Crippen molar-refractivity contribution in [2.75, 3.05) is 7.11 Å². The first-order valence-corrected chi connectivity index (χ1v) is 8.63. The van der Waals surface area contributed by atoms with Gasteiger partial charge in [0.1, 0.15) is 6.73 Å². The van der Waals surface area contributed by atoms with Crippen LogP contribution in [0.4, 0.5) is 0 Å². The zero-order valence-corrected chi connectivity index (χ0v) is 15.1. The van der Waals surface area contributed by atoms with Crippen LogP contribution in [0.1, 0.15) is 45.6 Å². The molecule has 0 bridgehead atoms. The highest BCUT2D eigenvalue weighted by molar-refractivity contribution is 6.49. The number of aromatic nitrogens is 2. The van der Waals surface area contributed by atoms with Gasteiger partial charge in [-0.1, -0.05) is 12.1 Å². The first-order valence-electron chi connectivity index (χ1n) is 8.63. The van der Waals surface area contributed by atoms with Crippen molar-refractivity contribution in [2.45, 2.75) is 63.8 Å². The predicted octanol–water partition coefficient (Wildman–Crippen LogP) is 3.59. The molecule has 2 aromatic rings. The molecule has 5 nitrogen and oxygen atoms in total. The van der Waals surface area contributed by atoms with E-state index in [1.54, 1.807) is 7.11 Å². The number of hydrogen-bond acceptors (Lipinski definition) is 4. The Morgan fingerprint density at radius 1 is 1.25 bits per heavy atom. The molecule has 0 N–H and O–H groups in total. The third kappa shape index (κ3) is 2.39. The molecule has 1 aromatic carbocycles. The van der Waals surface area contributed by atoms with Gasteiger partial charge in [-0.3, -0.25) is 0 Å². The van der Waals surface area contributed by atoms with E-state index in [4.69, 9.17) is 14.0 Å². The Balaban J connectivity index is 1.58. The van der Waals surface area contributed by atoms with Gasteiger partial charge in [-0.15, -0.1) is 0 Å². The van der Waals surface area contributed by atoms with Crippen LogP contribution in [0, 0.1) is 0 Å². The molecule has 0 spiro atoms. The number of fused-ring (bicyclic) bond motifs is 1. The molecule has 128 valence electrons. The molecule has 6 heteroatoms. The topological polar surface area (TPSA) is 45.5 Å². The van der Waals surface area contributed by atoms with Crippen LogP contribution in [0.2, 0.25) is 5.82 Å². The Morgan fingerprint density at radius 3 is 2.62 bits per heavy atom. The second-order valence-electron chi connectivity index (χ2n) is 7.97. The van der Waals surface area contributed by atoms with Gasteiger partial charge in [0.2, 0.25) is 0 Å². The second-order valence-corrected chi connectivity index (χ2v) is 7.97. The SMILES string of the molecule is COCn1ncc2c([C@@H]3C[C@H]3B3OC(C)(C)C(C)(C)O3)cccc21. The number of hydrogen-bond donors (Lipinski definition) is 0. The van der Waals surface area contributed by atoms with Crippen molar-refractivity contribution >= 4 is 18.0 Å². The summed E-state index contributed by atoms with van der Waals surface area (Å²) in [6.45, 7) is 8.91. The lowest BCUT2D eigenvalue weighted by molar-refractivity contribution is 0.00578. The maximum atomic E-state index is 6.23. The number of rotatable bonds is 4. The van der Waals surface area contributed by atoms with Gasteiger partial charge in [0.25, 0.3) is 0 Å². The molecule has 2 fully saturated rings.